The summed E-state index contributed by atoms with van der Waals surface area (Å²) < 4.78 is 12.1. The summed E-state index contributed by atoms with van der Waals surface area (Å²) >= 11 is 3.61. The van der Waals surface area contributed by atoms with Gasteiger partial charge in [0.05, 0.1) is 11.1 Å². The lowest BCUT2D eigenvalue weighted by Gasteiger charge is -2.31. The second-order valence-electron chi connectivity index (χ2n) is 5.11. The predicted octanol–water partition coefficient (Wildman–Crippen LogP) is 3.93. The van der Waals surface area contributed by atoms with Crippen LogP contribution < -0.4 is 10.1 Å². The largest absolute Gasteiger partial charge is 0.493 e. The minimum absolute atomic E-state index is 0.399. The van der Waals surface area contributed by atoms with Gasteiger partial charge in [-0.3, -0.25) is 0 Å². The Kier molecular flexibility index (Phi) is 6.33. The van der Waals surface area contributed by atoms with Gasteiger partial charge in [-0.2, -0.15) is 0 Å². The molecule has 1 aliphatic heterocycles. The van der Waals surface area contributed by atoms with Crippen molar-refractivity contribution >= 4 is 15.9 Å². The van der Waals surface area contributed by atoms with Gasteiger partial charge in [0.1, 0.15) is 5.75 Å². The van der Waals surface area contributed by atoms with Crippen molar-refractivity contribution in [3.05, 3.63) is 28.2 Å². The minimum atomic E-state index is 0.399. The van der Waals surface area contributed by atoms with Crippen LogP contribution >= 0.6 is 15.9 Å². The summed E-state index contributed by atoms with van der Waals surface area (Å²) in [5.41, 5.74) is 1.33. The van der Waals surface area contributed by atoms with E-state index in [-0.39, 0.29) is 0 Å². The van der Waals surface area contributed by atoms with Gasteiger partial charge in [0.2, 0.25) is 0 Å². The summed E-state index contributed by atoms with van der Waals surface area (Å²) in [7, 11) is 0. The van der Waals surface area contributed by atoms with Crippen molar-refractivity contribution in [2.75, 3.05) is 26.4 Å². The molecule has 1 heterocycles. The van der Waals surface area contributed by atoms with Crippen molar-refractivity contribution in [1.29, 1.82) is 0 Å². The lowest BCUT2D eigenvalue weighted by Crippen LogP contribution is -2.32. The third kappa shape index (κ3) is 3.96. The first-order valence-electron chi connectivity index (χ1n) is 7.49. The van der Waals surface area contributed by atoms with Crippen LogP contribution in [0.3, 0.4) is 0 Å². The number of nitrogens with one attached hydrogen (secondary N) is 1. The lowest BCUT2D eigenvalue weighted by atomic mass is 9.87. The number of halogens is 1. The number of benzene rings is 1. The van der Waals surface area contributed by atoms with E-state index in [2.05, 4.69) is 46.4 Å². The zero-order chi connectivity index (χ0) is 14.4. The van der Waals surface area contributed by atoms with E-state index >= 15 is 0 Å². The fraction of sp³-hybridized carbons (Fsp3) is 0.625. The molecule has 1 aliphatic rings. The van der Waals surface area contributed by atoms with Crippen molar-refractivity contribution in [2.45, 2.75) is 32.7 Å². The Morgan fingerprint density at radius 3 is 2.70 bits per heavy atom. The molecule has 0 aliphatic carbocycles. The van der Waals surface area contributed by atoms with Crippen LogP contribution in [0.5, 0.6) is 5.75 Å². The molecule has 0 radical (unpaired) electrons. The van der Waals surface area contributed by atoms with Crippen LogP contribution in [0.25, 0.3) is 0 Å². The Bertz CT molecular complexity index is 419. The zero-order valence-electron chi connectivity index (χ0n) is 12.3. The fourth-order valence-electron chi connectivity index (χ4n) is 2.81. The van der Waals surface area contributed by atoms with E-state index in [1.54, 1.807) is 0 Å². The smallest absolute Gasteiger partial charge is 0.133 e. The van der Waals surface area contributed by atoms with Crippen molar-refractivity contribution < 1.29 is 9.47 Å². The average Bonchev–Trinajstić information content (AvgIpc) is 2.48. The van der Waals surface area contributed by atoms with E-state index in [4.69, 9.17) is 9.47 Å². The second-order valence-corrected chi connectivity index (χ2v) is 5.96. The van der Waals surface area contributed by atoms with Gasteiger partial charge in [-0.25, -0.2) is 0 Å². The highest BCUT2D eigenvalue weighted by atomic mass is 79.9. The molecule has 0 amide bonds. The maximum Gasteiger partial charge on any atom is 0.133 e. The number of hydrogen-bond donors (Lipinski definition) is 1. The molecule has 3 nitrogen and oxygen atoms in total. The first-order valence-corrected chi connectivity index (χ1v) is 8.29. The topological polar surface area (TPSA) is 30.5 Å². The first kappa shape index (κ1) is 15.8. The summed E-state index contributed by atoms with van der Waals surface area (Å²) in [4.78, 5) is 0. The molecular weight excluding hydrogens is 318 g/mol. The Labute approximate surface area is 130 Å². The molecule has 1 unspecified atom stereocenters. The molecule has 4 heteroatoms. The van der Waals surface area contributed by atoms with Crippen molar-refractivity contribution in [1.82, 2.24) is 5.32 Å². The SMILES string of the molecule is CCNC(c1ccc(OCC)c(Br)c1)C1CCOCC1. The molecule has 0 bridgehead atoms. The molecule has 20 heavy (non-hydrogen) atoms. The summed E-state index contributed by atoms with van der Waals surface area (Å²) in [5, 5.41) is 3.63. The molecule has 2 rings (SSSR count). The summed E-state index contributed by atoms with van der Waals surface area (Å²) in [6, 6.07) is 6.83. The van der Waals surface area contributed by atoms with E-state index in [0.29, 0.717) is 18.6 Å². The highest BCUT2D eigenvalue weighted by Crippen LogP contribution is 2.34. The maximum absolute atomic E-state index is 5.59. The van der Waals surface area contributed by atoms with Gasteiger partial charge in [0.25, 0.3) is 0 Å². The standard InChI is InChI=1S/C16H24BrNO2/c1-3-18-16(12-7-9-19-10-8-12)13-5-6-15(20-4-2)14(17)11-13/h5-6,11-12,16,18H,3-4,7-10H2,1-2H3. The van der Waals surface area contributed by atoms with Crippen LogP contribution in [0.4, 0.5) is 0 Å². The molecule has 0 spiro atoms. The molecule has 1 fully saturated rings. The van der Waals surface area contributed by atoms with Gasteiger partial charge in [-0.15, -0.1) is 0 Å². The Hall–Kier alpha value is -0.580. The fourth-order valence-corrected chi connectivity index (χ4v) is 3.32. The Balaban J connectivity index is 2.17. The van der Waals surface area contributed by atoms with Gasteiger partial charge in [-0.1, -0.05) is 13.0 Å². The number of hydrogen-bond acceptors (Lipinski definition) is 3. The second kappa shape index (κ2) is 8.01. The van der Waals surface area contributed by atoms with Crippen molar-refractivity contribution in [3.8, 4) is 5.75 Å². The molecular formula is C16H24BrNO2. The third-order valence-electron chi connectivity index (χ3n) is 3.78. The molecule has 112 valence electrons. The molecule has 1 atom stereocenters. The summed E-state index contributed by atoms with van der Waals surface area (Å²) in [6.07, 6.45) is 2.25. The highest BCUT2D eigenvalue weighted by Gasteiger charge is 2.25. The van der Waals surface area contributed by atoms with Crippen LogP contribution in [0.15, 0.2) is 22.7 Å². The molecule has 1 N–H and O–H groups in total. The van der Waals surface area contributed by atoms with E-state index in [9.17, 15) is 0 Å². The minimum Gasteiger partial charge on any atom is -0.493 e. The monoisotopic (exact) mass is 341 g/mol. The average molecular weight is 342 g/mol. The Morgan fingerprint density at radius 1 is 1.35 bits per heavy atom. The quantitative estimate of drug-likeness (QED) is 0.850. The molecule has 0 saturated carbocycles. The zero-order valence-corrected chi connectivity index (χ0v) is 13.9. The number of ether oxygens (including phenoxy) is 2. The first-order chi connectivity index (χ1) is 9.76. The van der Waals surface area contributed by atoms with Crippen LogP contribution in [-0.2, 0) is 4.74 Å². The molecule has 1 aromatic carbocycles. The molecule has 1 saturated heterocycles. The summed E-state index contributed by atoms with van der Waals surface area (Å²) in [6.45, 7) is 7.59. The molecule has 1 aromatic rings. The van der Waals surface area contributed by atoms with Gasteiger partial charge in [0, 0.05) is 19.3 Å². The summed E-state index contributed by atoms with van der Waals surface area (Å²) in [5.74, 6) is 1.56. The van der Waals surface area contributed by atoms with Crippen LogP contribution in [0.2, 0.25) is 0 Å². The molecule has 0 aromatic heterocycles. The van der Waals surface area contributed by atoms with Gasteiger partial charge in [0.15, 0.2) is 0 Å². The van der Waals surface area contributed by atoms with Crippen molar-refractivity contribution in [3.63, 3.8) is 0 Å². The normalized spacial score (nSPS) is 17.9. The highest BCUT2D eigenvalue weighted by molar-refractivity contribution is 9.10. The maximum atomic E-state index is 5.59. The van der Waals surface area contributed by atoms with Crippen LogP contribution in [-0.4, -0.2) is 26.4 Å². The third-order valence-corrected chi connectivity index (χ3v) is 4.40. The predicted molar refractivity (Wildman–Crippen MR) is 85.3 cm³/mol. The van der Waals surface area contributed by atoms with E-state index < -0.39 is 0 Å². The van der Waals surface area contributed by atoms with E-state index in [1.807, 2.05) is 6.92 Å². The number of rotatable bonds is 6. The van der Waals surface area contributed by atoms with Crippen LogP contribution in [0.1, 0.15) is 38.3 Å². The van der Waals surface area contributed by atoms with Crippen LogP contribution in [0, 0.1) is 5.92 Å². The Morgan fingerprint density at radius 2 is 2.10 bits per heavy atom. The van der Waals surface area contributed by atoms with Gasteiger partial charge < -0.3 is 14.8 Å². The lowest BCUT2D eigenvalue weighted by molar-refractivity contribution is 0.0538. The van der Waals surface area contributed by atoms with Crippen molar-refractivity contribution in [2.24, 2.45) is 5.92 Å². The van der Waals surface area contributed by atoms with Gasteiger partial charge >= 0.3 is 0 Å². The van der Waals surface area contributed by atoms with E-state index in [0.717, 1.165) is 42.8 Å². The van der Waals surface area contributed by atoms with E-state index in [1.165, 1.54) is 5.56 Å². The van der Waals surface area contributed by atoms with Gasteiger partial charge in [-0.05, 0) is 65.9 Å².